The van der Waals surface area contributed by atoms with Gasteiger partial charge in [0.1, 0.15) is 0 Å². The average Bonchev–Trinajstić information content (AvgIpc) is 3.17. The SMILES string of the molecule is C=Cc1ccc(CCCCCCC2(c3ccccc3)c3ccccc3-c3ccc(Br)cc32)cc1. The van der Waals surface area contributed by atoms with E-state index in [1.54, 1.807) is 0 Å². The standard InChI is InChI=1S/C33H31Br/c1-2-25-17-19-26(20-18-25)12-6-3-4-11-23-33(27-13-7-5-8-14-27)31-16-10-9-15-29(31)30-22-21-28(34)24-32(30)33/h2,5,7-10,13-22,24H,1,3-4,6,11-12,23H2. The van der Waals surface area contributed by atoms with Crippen molar-refractivity contribution in [2.45, 2.75) is 43.9 Å². The lowest BCUT2D eigenvalue weighted by Crippen LogP contribution is -2.27. The first-order valence-electron chi connectivity index (χ1n) is 12.4. The van der Waals surface area contributed by atoms with E-state index in [0.29, 0.717) is 0 Å². The highest BCUT2D eigenvalue weighted by molar-refractivity contribution is 9.10. The monoisotopic (exact) mass is 506 g/mol. The second kappa shape index (κ2) is 10.2. The van der Waals surface area contributed by atoms with Gasteiger partial charge < -0.3 is 0 Å². The van der Waals surface area contributed by atoms with E-state index >= 15 is 0 Å². The predicted molar refractivity (Wildman–Crippen MR) is 149 cm³/mol. The Morgan fingerprint density at radius 1 is 0.676 bits per heavy atom. The zero-order valence-electron chi connectivity index (χ0n) is 19.6. The van der Waals surface area contributed by atoms with Crippen LogP contribution in [-0.2, 0) is 11.8 Å². The molecule has 1 atom stereocenters. The van der Waals surface area contributed by atoms with Crippen molar-refractivity contribution in [3.05, 3.63) is 136 Å². The number of unbranched alkanes of at least 4 members (excludes halogenated alkanes) is 3. The van der Waals surface area contributed by atoms with Gasteiger partial charge in [0.2, 0.25) is 0 Å². The molecule has 5 rings (SSSR count). The fourth-order valence-electron chi connectivity index (χ4n) is 5.68. The van der Waals surface area contributed by atoms with Crippen LogP contribution in [0.5, 0.6) is 0 Å². The molecule has 0 saturated heterocycles. The molecule has 1 aliphatic rings. The van der Waals surface area contributed by atoms with E-state index in [4.69, 9.17) is 0 Å². The highest BCUT2D eigenvalue weighted by atomic mass is 79.9. The van der Waals surface area contributed by atoms with Gasteiger partial charge in [0.05, 0.1) is 0 Å². The summed E-state index contributed by atoms with van der Waals surface area (Å²) < 4.78 is 1.15. The van der Waals surface area contributed by atoms with Crippen molar-refractivity contribution in [2.75, 3.05) is 0 Å². The predicted octanol–water partition coefficient (Wildman–Crippen LogP) is 9.60. The van der Waals surface area contributed by atoms with Crippen LogP contribution in [0, 0.1) is 0 Å². The Balaban J connectivity index is 1.36. The van der Waals surface area contributed by atoms with Gasteiger partial charge in [0, 0.05) is 9.89 Å². The highest BCUT2D eigenvalue weighted by Crippen LogP contribution is 2.55. The third kappa shape index (κ3) is 4.30. The number of benzene rings is 4. The number of fused-ring (bicyclic) bond motifs is 3. The van der Waals surface area contributed by atoms with E-state index in [0.717, 1.165) is 17.3 Å². The van der Waals surface area contributed by atoms with E-state index in [1.807, 2.05) is 6.08 Å². The number of aryl methyl sites for hydroxylation is 1. The average molecular weight is 508 g/mol. The summed E-state index contributed by atoms with van der Waals surface area (Å²) in [5, 5.41) is 0. The summed E-state index contributed by atoms with van der Waals surface area (Å²) in [6, 6.07) is 35.8. The van der Waals surface area contributed by atoms with Crippen molar-refractivity contribution in [3.8, 4) is 11.1 Å². The van der Waals surface area contributed by atoms with Gasteiger partial charge in [-0.25, -0.2) is 0 Å². The zero-order valence-corrected chi connectivity index (χ0v) is 21.2. The molecule has 0 nitrogen and oxygen atoms in total. The minimum Gasteiger partial charge on any atom is -0.0985 e. The molecule has 1 unspecified atom stereocenters. The van der Waals surface area contributed by atoms with Crippen LogP contribution >= 0.6 is 15.9 Å². The maximum Gasteiger partial charge on any atom is 0.0464 e. The van der Waals surface area contributed by atoms with Crippen molar-refractivity contribution in [2.24, 2.45) is 0 Å². The molecule has 0 radical (unpaired) electrons. The van der Waals surface area contributed by atoms with Crippen molar-refractivity contribution in [1.29, 1.82) is 0 Å². The van der Waals surface area contributed by atoms with Crippen LogP contribution in [0.25, 0.3) is 17.2 Å². The molecule has 0 saturated carbocycles. The van der Waals surface area contributed by atoms with Gasteiger partial charge in [-0.05, 0) is 70.3 Å². The van der Waals surface area contributed by atoms with Crippen molar-refractivity contribution in [3.63, 3.8) is 0 Å². The Morgan fingerprint density at radius 2 is 1.38 bits per heavy atom. The van der Waals surface area contributed by atoms with Crippen LogP contribution < -0.4 is 0 Å². The van der Waals surface area contributed by atoms with Gasteiger partial charge in [-0.3, -0.25) is 0 Å². The molecule has 0 N–H and O–H groups in total. The maximum absolute atomic E-state index is 3.85. The number of rotatable bonds is 9. The molecule has 0 amide bonds. The van der Waals surface area contributed by atoms with Gasteiger partial charge in [-0.1, -0.05) is 133 Å². The second-order valence-electron chi connectivity index (χ2n) is 9.37. The van der Waals surface area contributed by atoms with E-state index in [9.17, 15) is 0 Å². The summed E-state index contributed by atoms with van der Waals surface area (Å²) in [4.78, 5) is 0. The van der Waals surface area contributed by atoms with E-state index in [1.165, 1.54) is 64.6 Å². The second-order valence-corrected chi connectivity index (χ2v) is 10.3. The van der Waals surface area contributed by atoms with Crippen LogP contribution in [0.1, 0.15) is 59.9 Å². The number of halogens is 1. The quantitative estimate of drug-likeness (QED) is 0.198. The summed E-state index contributed by atoms with van der Waals surface area (Å²) in [7, 11) is 0. The third-order valence-corrected chi connectivity index (χ3v) is 7.86. The van der Waals surface area contributed by atoms with Crippen LogP contribution in [0.3, 0.4) is 0 Å². The summed E-state index contributed by atoms with van der Waals surface area (Å²) >= 11 is 3.76. The molecule has 0 bridgehead atoms. The highest BCUT2D eigenvalue weighted by Gasteiger charge is 2.43. The molecule has 4 aromatic rings. The Hall–Kier alpha value is -2.90. The molecule has 0 heterocycles. The van der Waals surface area contributed by atoms with Crippen molar-refractivity contribution < 1.29 is 0 Å². The zero-order chi connectivity index (χ0) is 23.4. The first-order chi connectivity index (χ1) is 16.7. The molecule has 1 heteroatoms. The summed E-state index contributed by atoms with van der Waals surface area (Å²) in [6.45, 7) is 3.85. The van der Waals surface area contributed by atoms with Crippen molar-refractivity contribution in [1.82, 2.24) is 0 Å². The molecular weight excluding hydrogens is 476 g/mol. The normalized spacial score (nSPS) is 16.1. The Morgan fingerprint density at radius 3 is 2.18 bits per heavy atom. The van der Waals surface area contributed by atoms with Crippen LogP contribution in [0.4, 0.5) is 0 Å². The molecule has 170 valence electrons. The fraction of sp³-hybridized carbons (Fsp3) is 0.212. The molecule has 4 aromatic carbocycles. The number of hydrogen-bond acceptors (Lipinski definition) is 0. The largest absolute Gasteiger partial charge is 0.0985 e. The third-order valence-electron chi connectivity index (χ3n) is 7.37. The molecule has 0 aliphatic heterocycles. The van der Waals surface area contributed by atoms with Gasteiger partial charge in [-0.15, -0.1) is 0 Å². The van der Waals surface area contributed by atoms with E-state index in [2.05, 4.69) is 120 Å². The molecular formula is C33H31Br. The smallest absolute Gasteiger partial charge is 0.0464 e. The van der Waals surface area contributed by atoms with E-state index in [-0.39, 0.29) is 5.41 Å². The van der Waals surface area contributed by atoms with Crippen LogP contribution in [-0.4, -0.2) is 0 Å². The first kappa shape index (κ1) is 22.9. The summed E-state index contributed by atoms with van der Waals surface area (Å²) in [5.41, 5.74) is 9.60. The Kier molecular flexibility index (Phi) is 6.83. The van der Waals surface area contributed by atoms with Crippen molar-refractivity contribution >= 4 is 22.0 Å². The minimum atomic E-state index is -0.0858. The summed E-state index contributed by atoms with van der Waals surface area (Å²) in [6.07, 6.45) is 9.16. The van der Waals surface area contributed by atoms with Gasteiger partial charge >= 0.3 is 0 Å². The van der Waals surface area contributed by atoms with Gasteiger partial charge in [0.15, 0.2) is 0 Å². The fourth-order valence-corrected chi connectivity index (χ4v) is 6.04. The molecule has 0 spiro atoms. The van der Waals surface area contributed by atoms with Gasteiger partial charge in [-0.2, -0.15) is 0 Å². The Bertz CT molecular complexity index is 1270. The Labute approximate surface area is 212 Å². The number of hydrogen-bond donors (Lipinski definition) is 0. The minimum absolute atomic E-state index is 0.0858. The lowest BCUT2D eigenvalue weighted by molar-refractivity contribution is 0.511. The lowest BCUT2D eigenvalue weighted by Gasteiger charge is -2.33. The molecule has 1 aliphatic carbocycles. The lowest BCUT2D eigenvalue weighted by atomic mass is 9.69. The maximum atomic E-state index is 3.85. The summed E-state index contributed by atoms with van der Waals surface area (Å²) in [5.74, 6) is 0. The van der Waals surface area contributed by atoms with Gasteiger partial charge in [0.25, 0.3) is 0 Å². The molecule has 0 aromatic heterocycles. The first-order valence-corrected chi connectivity index (χ1v) is 13.2. The van der Waals surface area contributed by atoms with Crippen LogP contribution in [0.2, 0.25) is 0 Å². The molecule has 0 fully saturated rings. The molecule has 34 heavy (non-hydrogen) atoms. The van der Waals surface area contributed by atoms with Crippen LogP contribution in [0.15, 0.2) is 108 Å². The van der Waals surface area contributed by atoms with E-state index < -0.39 is 0 Å². The topological polar surface area (TPSA) is 0 Å².